The number of halogens is 2. The summed E-state index contributed by atoms with van der Waals surface area (Å²) in [5.41, 5.74) is 0.266. The Morgan fingerprint density at radius 2 is 1.00 bits per heavy atom. The Kier molecular flexibility index (Phi) is 40.8. The fourth-order valence-electron chi connectivity index (χ4n) is 9.57. The quantitative estimate of drug-likeness (QED) is 0.0312. The number of amides is 1. The van der Waals surface area contributed by atoms with Gasteiger partial charge in [0.1, 0.15) is 31.0 Å². The molecule has 1 aliphatic heterocycles. The van der Waals surface area contributed by atoms with Crippen LogP contribution in [0.1, 0.15) is 251 Å². The number of aliphatic hydroxyl groups excluding tert-OH is 5. The van der Waals surface area contributed by atoms with Gasteiger partial charge in [0, 0.05) is 5.02 Å². The van der Waals surface area contributed by atoms with Crippen LogP contribution in [0.2, 0.25) is 10.0 Å². The molecular formula is C57H104Cl2N2O9. The maximum absolute atomic E-state index is 12.6. The molecule has 11 nitrogen and oxygen atoms in total. The van der Waals surface area contributed by atoms with E-state index in [1.165, 1.54) is 205 Å². The molecule has 0 bridgehead atoms. The topological polar surface area (TPSA) is 170 Å². The largest absolute Gasteiger partial charge is 0.446 e. The minimum Gasteiger partial charge on any atom is -0.446 e. The number of hydrogen-bond acceptors (Lipinski definition) is 10. The lowest BCUT2D eigenvalue weighted by atomic mass is 9.98. The maximum atomic E-state index is 12.6. The van der Waals surface area contributed by atoms with E-state index in [0.717, 1.165) is 38.5 Å². The second-order valence-electron chi connectivity index (χ2n) is 20.6. The summed E-state index contributed by atoms with van der Waals surface area (Å²) in [5.74, 6) is 0. The fourth-order valence-corrected chi connectivity index (χ4v) is 10.0. The summed E-state index contributed by atoms with van der Waals surface area (Å²) >= 11 is 12.1. The summed E-state index contributed by atoms with van der Waals surface area (Å²) in [7, 11) is 0. The number of unbranched alkanes of at least 4 members (excludes halogenated alkanes) is 34. The third-order valence-electron chi connectivity index (χ3n) is 14.3. The average Bonchev–Trinajstić information content (AvgIpc) is 3.35. The van der Waals surface area contributed by atoms with Crippen molar-refractivity contribution in [1.82, 2.24) is 5.32 Å². The zero-order valence-corrected chi connectivity index (χ0v) is 45.8. The Balaban J connectivity index is 1.70. The van der Waals surface area contributed by atoms with Crippen molar-refractivity contribution in [3.63, 3.8) is 0 Å². The molecule has 0 aromatic heterocycles. The SMILES string of the molecule is CCCCCCCCCCCCCCCCCCCCCCCCCCN[C@@H](CO[C@H]1O[C@H](COC(=O)Nc2ccc(Cl)cc2Cl)[C@H](O)[C@H](O)[C@H]1O)[C@H](O)[C@H](O)CCCCCCCCCCCCCC. The van der Waals surface area contributed by atoms with E-state index in [9.17, 15) is 30.3 Å². The molecule has 410 valence electrons. The highest BCUT2D eigenvalue weighted by atomic mass is 35.5. The van der Waals surface area contributed by atoms with Gasteiger partial charge in [0.15, 0.2) is 6.29 Å². The van der Waals surface area contributed by atoms with E-state index >= 15 is 0 Å². The molecule has 8 atom stereocenters. The molecule has 1 amide bonds. The van der Waals surface area contributed by atoms with Gasteiger partial charge in [0.25, 0.3) is 0 Å². The lowest BCUT2D eigenvalue weighted by molar-refractivity contribution is -0.302. The highest BCUT2D eigenvalue weighted by Crippen LogP contribution is 2.27. The predicted molar refractivity (Wildman–Crippen MR) is 290 cm³/mol. The molecule has 1 heterocycles. The van der Waals surface area contributed by atoms with Gasteiger partial charge in [0.2, 0.25) is 0 Å². The summed E-state index contributed by atoms with van der Waals surface area (Å²) in [5, 5.41) is 61.3. The van der Waals surface area contributed by atoms with E-state index in [1.54, 1.807) is 6.07 Å². The summed E-state index contributed by atoms with van der Waals surface area (Å²) in [6, 6.07) is 3.84. The van der Waals surface area contributed by atoms with Crippen LogP contribution in [-0.4, -0.2) is 100 Å². The van der Waals surface area contributed by atoms with E-state index in [0.29, 0.717) is 18.0 Å². The van der Waals surface area contributed by atoms with Crippen molar-refractivity contribution < 1.29 is 44.5 Å². The number of carbonyl (C=O) groups is 1. The van der Waals surface area contributed by atoms with Gasteiger partial charge in [-0.3, -0.25) is 5.32 Å². The molecule has 1 aromatic rings. The van der Waals surface area contributed by atoms with Gasteiger partial charge < -0.3 is 45.1 Å². The van der Waals surface area contributed by atoms with Crippen molar-refractivity contribution in [3.8, 4) is 0 Å². The van der Waals surface area contributed by atoms with E-state index in [-0.39, 0.29) is 17.3 Å². The van der Waals surface area contributed by atoms with Crippen molar-refractivity contribution in [2.24, 2.45) is 0 Å². The maximum Gasteiger partial charge on any atom is 0.411 e. The van der Waals surface area contributed by atoms with Crippen LogP contribution in [0, 0.1) is 0 Å². The summed E-state index contributed by atoms with van der Waals surface area (Å²) < 4.78 is 17.0. The van der Waals surface area contributed by atoms with E-state index in [1.807, 2.05) is 0 Å². The molecule has 7 N–H and O–H groups in total. The summed E-state index contributed by atoms with van der Waals surface area (Å²) in [4.78, 5) is 12.6. The van der Waals surface area contributed by atoms with Crippen LogP contribution < -0.4 is 10.6 Å². The van der Waals surface area contributed by atoms with Crippen molar-refractivity contribution in [2.45, 2.75) is 300 Å². The molecule has 0 aliphatic carbocycles. The number of benzene rings is 1. The average molecular weight is 1030 g/mol. The van der Waals surface area contributed by atoms with Crippen molar-refractivity contribution in [3.05, 3.63) is 28.2 Å². The number of rotatable bonds is 47. The third-order valence-corrected chi connectivity index (χ3v) is 14.8. The van der Waals surface area contributed by atoms with Crippen LogP contribution >= 0.6 is 23.2 Å². The molecule has 1 aliphatic rings. The molecule has 2 rings (SSSR count). The first-order valence-corrected chi connectivity index (χ1v) is 29.6. The minimum atomic E-state index is -1.66. The van der Waals surface area contributed by atoms with E-state index in [4.69, 9.17) is 37.4 Å². The first-order chi connectivity index (χ1) is 34.1. The highest BCUT2D eigenvalue weighted by Gasteiger charge is 2.45. The van der Waals surface area contributed by atoms with Gasteiger partial charge in [0.05, 0.1) is 35.6 Å². The number of nitrogens with one attached hydrogen (secondary N) is 2. The number of carbonyl (C=O) groups excluding carboxylic acids is 1. The molecule has 0 spiro atoms. The van der Waals surface area contributed by atoms with Crippen LogP contribution in [0.5, 0.6) is 0 Å². The second kappa shape index (κ2) is 44.1. The predicted octanol–water partition coefficient (Wildman–Crippen LogP) is 14.5. The van der Waals surface area contributed by atoms with E-state index in [2.05, 4.69) is 24.5 Å². The number of anilines is 1. The van der Waals surface area contributed by atoms with E-state index < -0.39 is 61.7 Å². The van der Waals surface area contributed by atoms with Crippen molar-refractivity contribution >= 4 is 35.0 Å². The molecule has 0 radical (unpaired) electrons. The van der Waals surface area contributed by atoms with Crippen molar-refractivity contribution in [1.29, 1.82) is 0 Å². The lowest BCUT2D eigenvalue weighted by Crippen LogP contribution is -2.60. The number of aliphatic hydroxyl groups is 5. The third kappa shape index (κ3) is 32.1. The molecule has 1 fully saturated rings. The zero-order chi connectivity index (χ0) is 50.9. The van der Waals surface area contributed by atoms with Gasteiger partial charge in [-0.2, -0.15) is 0 Å². The van der Waals surface area contributed by atoms with Gasteiger partial charge in [-0.25, -0.2) is 4.79 Å². The first-order valence-electron chi connectivity index (χ1n) is 28.9. The Morgan fingerprint density at radius 1 is 0.586 bits per heavy atom. The van der Waals surface area contributed by atoms with Crippen LogP contribution in [-0.2, 0) is 14.2 Å². The highest BCUT2D eigenvalue weighted by molar-refractivity contribution is 6.36. The van der Waals surface area contributed by atoms with Crippen LogP contribution in [0.25, 0.3) is 0 Å². The summed E-state index contributed by atoms with van der Waals surface area (Å²) in [6.07, 6.45) is 36.5. The van der Waals surface area contributed by atoms with Crippen LogP contribution in [0.4, 0.5) is 10.5 Å². The molecule has 1 aromatic carbocycles. The molecule has 0 unspecified atom stereocenters. The second-order valence-corrected chi connectivity index (χ2v) is 21.5. The standard InChI is InChI=1S/C57H104Cl2N2O9/c1-3-5-7-9-11-13-15-17-18-19-20-21-22-23-24-25-26-27-28-30-32-34-36-38-42-60-49(52(63)50(62)39-37-35-33-31-29-16-14-12-10-8-6-4-2)44-68-56-55(66)54(65)53(64)51(70-56)45-69-57(67)61-48-41-40-46(58)43-47(48)59/h40-41,43,49-56,60,62-66H,3-39,42,44-45H2,1-2H3,(H,61,67)/t49-,50+,51+,52-,53-,54-,55+,56-/m0/s1. The zero-order valence-electron chi connectivity index (χ0n) is 44.3. The van der Waals surface area contributed by atoms with Gasteiger partial charge in [-0.15, -0.1) is 0 Å². The van der Waals surface area contributed by atoms with Crippen molar-refractivity contribution in [2.75, 3.05) is 25.1 Å². The lowest BCUT2D eigenvalue weighted by Gasteiger charge is -2.40. The fraction of sp³-hybridized carbons (Fsp3) is 0.877. The number of hydrogen-bond donors (Lipinski definition) is 7. The Hall–Kier alpha value is -1.25. The Labute approximate surface area is 436 Å². The van der Waals surface area contributed by atoms with Gasteiger partial charge >= 0.3 is 6.09 Å². The van der Waals surface area contributed by atoms with Gasteiger partial charge in [-0.1, -0.05) is 262 Å². The normalized spacial score (nSPS) is 19.6. The Morgan fingerprint density at radius 3 is 1.43 bits per heavy atom. The smallest absolute Gasteiger partial charge is 0.411 e. The molecule has 0 saturated carbocycles. The monoisotopic (exact) mass is 1030 g/mol. The summed E-state index contributed by atoms with van der Waals surface area (Å²) in [6.45, 7) is 4.52. The van der Waals surface area contributed by atoms with Gasteiger partial charge in [-0.05, 0) is 37.6 Å². The molecule has 70 heavy (non-hydrogen) atoms. The van der Waals surface area contributed by atoms with Crippen LogP contribution in [0.3, 0.4) is 0 Å². The van der Waals surface area contributed by atoms with Crippen LogP contribution in [0.15, 0.2) is 18.2 Å². The molecule has 1 saturated heterocycles. The molecular weight excluding hydrogens is 928 g/mol. The first kappa shape index (κ1) is 64.9. The molecule has 13 heteroatoms. The number of ether oxygens (including phenoxy) is 3. The Bertz CT molecular complexity index is 1370. The minimum absolute atomic E-state index is 0.149.